The molecule has 0 bridgehead atoms. The molecule has 1 N–H and O–H groups in total. The van der Waals surface area contributed by atoms with E-state index in [4.69, 9.17) is 4.74 Å². The van der Waals surface area contributed by atoms with E-state index in [2.05, 4.69) is 22.0 Å². The van der Waals surface area contributed by atoms with Crippen LogP contribution in [0.2, 0.25) is 0 Å². The van der Waals surface area contributed by atoms with Crippen LogP contribution in [-0.2, 0) is 11.3 Å². The molecule has 0 aliphatic carbocycles. The minimum atomic E-state index is -0.00190. The number of methoxy groups -OCH3 is 1. The molecule has 0 unspecified atom stereocenters. The second-order valence-electron chi connectivity index (χ2n) is 5.99. The van der Waals surface area contributed by atoms with Crippen LogP contribution < -0.4 is 0 Å². The van der Waals surface area contributed by atoms with Crippen LogP contribution in [0.25, 0.3) is 0 Å². The predicted octanol–water partition coefficient (Wildman–Crippen LogP) is 2.00. The highest BCUT2D eigenvalue weighted by Gasteiger charge is 2.34. The molecule has 112 valence electrons. The van der Waals surface area contributed by atoms with Crippen molar-refractivity contribution in [1.82, 2.24) is 9.88 Å². The molecule has 1 fully saturated rings. The molecule has 1 atom stereocenters. The van der Waals surface area contributed by atoms with E-state index in [-0.39, 0.29) is 12.0 Å². The van der Waals surface area contributed by atoms with Crippen molar-refractivity contribution in [3.63, 3.8) is 0 Å². The number of hydrogen-bond acceptors (Lipinski definition) is 4. The molecule has 0 radical (unpaired) electrons. The van der Waals surface area contributed by atoms with Crippen LogP contribution in [0.4, 0.5) is 0 Å². The summed E-state index contributed by atoms with van der Waals surface area (Å²) in [6.07, 6.45) is 3.15. The van der Waals surface area contributed by atoms with E-state index in [1.54, 1.807) is 7.11 Å². The third-order valence-electron chi connectivity index (χ3n) is 4.24. The summed E-state index contributed by atoms with van der Waals surface area (Å²) in [4.78, 5) is 6.99. The van der Waals surface area contributed by atoms with Gasteiger partial charge in [-0.25, -0.2) is 0 Å². The number of nitrogens with zero attached hydrogens (tertiary/aromatic N) is 2. The van der Waals surface area contributed by atoms with Gasteiger partial charge >= 0.3 is 0 Å². The Balaban J connectivity index is 1.98. The Bertz CT molecular complexity index is 425. The zero-order chi connectivity index (χ0) is 14.4. The van der Waals surface area contributed by atoms with E-state index in [1.165, 1.54) is 0 Å². The molecule has 1 aliphatic rings. The molecule has 2 heterocycles. The standard InChI is InChI=1S/C16H26N2O2/c1-14-5-3-6-15(17-14)11-18-9-4-7-16(12-18,13-19)8-10-20-2/h3,5-6,19H,4,7-13H2,1-2H3/t16-/m1/s1. The van der Waals surface area contributed by atoms with Gasteiger partial charge in [-0.1, -0.05) is 6.07 Å². The van der Waals surface area contributed by atoms with E-state index in [0.29, 0.717) is 0 Å². The highest BCUT2D eigenvalue weighted by atomic mass is 16.5. The Morgan fingerprint density at radius 2 is 2.30 bits per heavy atom. The molecule has 0 amide bonds. The first-order valence-electron chi connectivity index (χ1n) is 7.42. The van der Waals surface area contributed by atoms with Crippen LogP contribution in [0.3, 0.4) is 0 Å². The van der Waals surface area contributed by atoms with E-state index in [9.17, 15) is 5.11 Å². The summed E-state index contributed by atoms with van der Waals surface area (Å²) in [7, 11) is 1.72. The van der Waals surface area contributed by atoms with Gasteiger partial charge in [0.2, 0.25) is 0 Å². The van der Waals surface area contributed by atoms with Gasteiger partial charge in [-0.15, -0.1) is 0 Å². The van der Waals surface area contributed by atoms with Gasteiger partial charge in [0.05, 0.1) is 12.3 Å². The quantitative estimate of drug-likeness (QED) is 0.864. The second-order valence-corrected chi connectivity index (χ2v) is 5.99. The van der Waals surface area contributed by atoms with Crippen molar-refractivity contribution in [2.24, 2.45) is 5.41 Å². The van der Waals surface area contributed by atoms with Crippen LogP contribution in [0.5, 0.6) is 0 Å². The molecular weight excluding hydrogens is 252 g/mol. The maximum atomic E-state index is 9.80. The molecule has 1 aliphatic heterocycles. The van der Waals surface area contributed by atoms with Crippen molar-refractivity contribution in [3.05, 3.63) is 29.6 Å². The van der Waals surface area contributed by atoms with Gasteiger partial charge in [-0.2, -0.15) is 0 Å². The summed E-state index contributed by atoms with van der Waals surface area (Å²) in [5, 5.41) is 9.80. The minimum absolute atomic E-state index is 0.00190. The normalized spacial score (nSPS) is 23.9. The van der Waals surface area contributed by atoms with Crippen molar-refractivity contribution in [1.29, 1.82) is 0 Å². The number of aliphatic hydroxyl groups is 1. The van der Waals surface area contributed by atoms with Crippen LogP contribution >= 0.6 is 0 Å². The minimum Gasteiger partial charge on any atom is -0.396 e. The van der Waals surface area contributed by atoms with Crippen LogP contribution in [0, 0.1) is 12.3 Å². The fourth-order valence-electron chi connectivity index (χ4n) is 3.09. The third-order valence-corrected chi connectivity index (χ3v) is 4.24. The maximum Gasteiger partial charge on any atom is 0.0547 e. The number of pyridine rings is 1. The lowest BCUT2D eigenvalue weighted by molar-refractivity contribution is 0.00437. The summed E-state index contributed by atoms with van der Waals surface area (Å²) in [6.45, 7) is 5.88. The molecule has 1 aromatic heterocycles. The lowest BCUT2D eigenvalue weighted by atomic mass is 9.78. The first kappa shape index (κ1) is 15.4. The third kappa shape index (κ3) is 4.01. The number of aryl methyl sites for hydroxylation is 1. The zero-order valence-corrected chi connectivity index (χ0v) is 12.6. The molecule has 1 saturated heterocycles. The van der Waals surface area contributed by atoms with Gasteiger partial charge in [0.15, 0.2) is 0 Å². The number of hydrogen-bond donors (Lipinski definition) is 1. The molecule has 0 saturated carbocycles. The molecule has 2 rings (SSSR count). The predicted molar refractivity (Wildman–Crippen MR) is 79.5 cm³/mol. The average Bonchev–Trinajstić information content (AvgIpc) is 2.45. The molecule has 4 nitrogen and oxygen atoms in total. The Morgan fingerprint density at radius 3 is 3.00 bits per heavy atom. The monoisotopic (exact) mass is 278 g/mol. The Morgan fingerprint density at radius 1 is 1.45 bits per heavy atom. The van der Waals surface area contributed by atoms with Crippen LogP contribution in [0.1, 0.15) is 30.7 Å². The number of rotatable bonds is 6. The SMILES string of the molecule is COCC[C@]1(CO)CCCN(Cc2cccc(C)n2)C1. The van der Waals surface area contributed by atoms with Gasteiger partial charge in [0.25, 0.3) is 0 Å². The largest absolute Gasteiger partial charge is 0.396 e. The zero-order valence-electron chi connectivity index (χ0n) is 12.6. The second kappa shape index (κ2) is 7.16. The number of piperidine rings is 1. The summed E-state index contributed by atoms with van der Waals surface area (Å²) in [5.74, 6) is 0. The Hall–Kier alpha value is -0.970. The van der Waals surface area contributed by atoms with Crippen molar-refractivity contribution in [3.8, 4) is 0 Å². The summed E-state index contributed by atoms with van der Waals surface area (Å²) < 4.78 is 5.20. The van der Waals surface area contributed by atoms with E-state index in [1.807, 2.05) is 13.0 Å². The van der Waals surface area contributed by atoms with Gasteiger partial charge in [0.1, 0.15) is 0 Å². The first-order valence-corrected chi connectivity index (χ1v) is 7.42. The van der Waals surface area contributed by atoms with Crippen LogP contribution in [0.15, 0.2) is 18.2 Å². The Kier molecular flexibility index (Phi) is 5.52. The summed E-state index contributed by atoms with van der Waals surface area (Å²) in [6, 6.07) is 6.17. The van der Waals surface area contributed by atoms with E-state index >= 15 is 0 Å². The first-order chi connectivity index (χ1) is 9.67. The van der Waals surface area contributed by atoms with Gasteiger partial charge in [-0.3, -0.25) is 9.88 Å². The highest BCUT2D eigenvalue weighted by Crippen LogP contribution is 2.33. The molecule has 1 aromatic rings. The molecule has 4 heteroatoms. The molecular formula is C16H26N2O2. The smallest absolute Gasteiger partial charge is 0.0547 e. The molecule has 20 heavy (non-hydrogen) atoms. The number of ether oxygens (including phenoxy) is 1. The Labute approximate surface area is 121 Å². The van der Waals surface area contributed by atoms with Crippen molar-refractivity contribution in [2.45, 2.75) is 32.7 Å². The van der Waals surface area contributed by atoms with Crippen molar-refractivity contribution in [2.75, 3.05) is 33.4 Å². The maximum absolute atomic E-state index is 9.80. The topological polar surface area (TPSA) is 45.6 Å². The fourth-order valence-corrected chi connectivity index (χ4v) is 3.09. The van der Waals surface area contributed by atoms with Gasteiger partial charge in [-0.05, 0) is 44.9 Å². The van der Waals surface area contributed by atoms with Crippen LogP contribution in [-0.4, -0.2) is 48.4 Å². The van der Waals surface area contributed by atoms with E-state index in [0.717, 1.165) is 56.9 Å². The van der Waals surface area contributed by atoms with Crippen molar-refractivity contribution < 1.29 is 9.84 Å². The fraction of sp³-hybridized carbons (Fsp3) is 0.688. The number of aromatic nitrogens is 1. The lowest BCUT2D eigenvalue weighted by Crippen LogP contribution is -2.45. The summed E-state index contributed by atoms with van der Waals surface area (Å²) >= 11 is 0. The van der Waals surface area contributed by atoms with E-state index < -0.39 is 0 Å². The van der Waals surface area contributed by atoms with Gasteiger partial charge in [0, 0.05) is 37.9 Å². The highest BCUT2D eigenvalue weighted by molar-refractivity contribution is 5.10. The lowest BCUT2D eigenvalue weighted by Gasteiger charge is -2.41. The van der Waals surface area contributed by atoms with Crippen molar-refractivity contribution >= 4 is 0 Å². The average molecular weight is 278 g/mol. The molecule has 0 spiro atoms. The molecule has 0 aromatic carbocycles. The summed E-state index contributed by atoms with van der Waals surface area (Å²) in [5.41, 5.74) is 2.18. The number of likely N-dealkylation sites (tertiary alicyclic amines) is 1. The van der Waals surface area contributed by atoms with Gasteiger partial charge < -0.3 is 9.84 Å². The number of aliphatic hydroxyl groups excluding tert-OH is 1.